The Kier molecular flexibility index (Phi) is 8.89. The van der Waals surface area contributed by atoms with Gasteiger partial charge in [-0.3, -0.25) is 4.90 Å². The van der Waals surface area contributed by atoms with Gasteiger partial charge in [0.2, 0.25) is 0 Å². The summed E-state index contributed by atoms with van der Waals surface area (Å²) in [6.45, 7) is 4.70. The van der Waals surface area contributed by atoms with E-state index in [-0.39, 0.29) is 30.8 Å². The van der Waals surface area contributed by atoms with Gasteiger partial charge in [0.15, 0.2) is 6.73 Å². The van der Waals surface area contributed by atoms with Crippen LogP contribution in [-0.2, 0) is 21.8 Å². The predicted octanol–water partition coefficient (Wildman–Crippen LogP) is 7.76. The summed E-state index contributed by atoms with van der Waals surface area (Å²) >= 11 is 0. The first-order valence-electron chi connectivity index (χ1n) is 13.3. The third-order valence-corrected chi connectivity index (χ3v) is 7.35. The zero-order chi connectivity index (χ0) is 31.9. The summed E-state index contributed by atoms with van der Waals surface area (Å²) in [5.74, 6) is -0.254. The molecule has 0 aliphatic carbocycles. The van der Waals surface area contributed by atoms with Gasteiger partial charge in [0.1, 0.15) is 17.7 Å². The summed E-state index contributed by atoms with van der Waals surface area (Å²) in [6, 6.07) is 2.85. The number of cyclic esters (lactones) is 1. The van der Waals surface area contributed by atoms with Crippen molar-refractivity contribution >= 4 is 17.8 Å². The number of hydrogen-bond acceptors (Lipinski definition) is 5. The van der Waals surface area contributed by atoms with Gasteiger partial charge in [0, 0.05) is 24.7 Å². The number of alkyl halides is 6. The van der Waals surface area contributed by atoms with Crippen molar-refractivity contribution in [1.29, 1.82) is 0 Å². The summed E-state index contributed by atoms with van der Waals surface area (Å²) < 4.78 is 110. The van der Waals surface area contributed by atoms with E-state index >= 15 is 0 Å². The number of carbonyl (C=O) groups excluding carboxylic acids is 2. The highest BCUT2D eigenvalue weighted by atomic mass is 19.4. The first kappa shape index (κ1) is 32.0. The van der Waals surface area contributed by atoms with Crippen LogP contribution < -0.4 is 4.74 Å². The molecule has 2 atom stereocenters. The van der Waals surface area contributed by atoms with E-state index in [1.54, 1.807) is 6.07 Å². The van der Waals surface area contributed by atoms with Crippen molar-refractivity contribution in [3.05, 3.63) is 70.0 Å². The van der Waals surface area contributed by atoms with Crippen molar-refractivity contribution in [3.63, 3.8) is 0 Å². The average Bonchev–Trinajstić information content (AvgIpc) is 3.22. The molecular weight excluding hydrogens is 589 g/mol. The van der Waals surface area contributed by atoms with Crippen molar-refractivity contribution in [2.75, 3.05) is 26.9 Å². The Bertz CT molecular complexity index is 1390. The summed E-state index contributed by atoms with van der Waals surface area (Å²) in [6.07, 6.45) is -11.2. The number of benzene rings is 2. The number of halogens is 7. The molecule has 234 valence electrons. The number of rotatable bonds is 6. The van der Waals surface area contributed by atoms with E-state index in [2.05, 4.69) is 0 Å². The van der Waals surface area contributed by atoms with Gasteiger partial charge in [-0.05, 0) is 60.2 Å². The summed E-state index contributed by atoms with van der Waals surface area (Å²) in [5.41, 5.74) is -1.84. The van der Waals surface area contributed by atoms with Crippen LogP contribution in [0.15, 0.2) is 36.4 Å². The second-order valence-corrected chi connectivity index (χ2v) is 10.6. The fourth-order valence-corrected chi connectivity index (χ4v) is 5.01. The zero-order valence-corrected chi connectivity index (χ0v) is 23.6. The molecule has 2 aliphatic heterocycles. The van der Waals surface area contributed by atoms with E-state index in [1.165, 1.54) is 25.0 Å². The molecule has 0 saturated carbocycles. The summed E-state index contributed by atoms with van der Waals surface area (Å²) in [5, 5.41) is 0. The van der Waals surface area contributed by atoms with E-state index in [4.69, 9.17) is 14.2 Å². The van der Waals surface area contributed by atoms with Crippen molar-refractivity contribution < 1.29 is 54.5 Å². The molecule has 2 aromatic rings. The molecule has 0 unspecified atom stereocenters. The Morgan fingerprint density at radius 3 is 2.23 bits per heavy atom. The molecule has 7 nitrogen and oxygen atoms in total. The van der Waals surface area contributed by atoms with E-state index in [0.717, 1.165) is 4.90 Å². The monoisotopic (exact) mass is 618 g/mol. The van der Waals surface area contributed by atoms with Gasteiger partial charge in [-0.1, -0.05) is 19.9 Å². The smallest absolute Gasteiger partial charge is 0.416 e. The fraction of sp³-hybridized carbons (Fsp3) is 0.448. The SMILES string of the molecule is COc1cc(F)c(C(C)C)cc1C1=CCCN(C(=O)OCN2C(=O)O[C@H](c3cc(C(F)(F)F)cc(C(F)(F)F)c3)[C@@H]2C)C1. The lowest BCUT2D eigenvalue weighted by Gasteiger charge is -2.29. The minimum atomic E-state index is -5.08. The standard InChI is InChI=1S/C29H29F7N2O5/c1-15(2)21-11-22(24(41-4)12-23(21)30)17-6-5-7-37(13-17)26(39)42-14-38-16(3)25(43-27(38)40)18-8-19(28(31,32)33)10-20(9-18)29(34,35)36/h6,8-12,15-16,25H,5,7,13-14H2,1-4H3/t16-,25-/m0/s1. The van der Waals surface area contributed by atoms with E-state index in [1.807, 2.05) is 19.9 Å². The van der Waals surface area contributed by atoms with Crippen LogP contribution in [0.4, 0.5) is 40.3 Å². The number of nitrogens with zero attached hydrogens (tertiary/aromatic N) is 2. The zero-order valence-electron chi connectivity index (χ0n) is 23.6. The highest BCUT2D eigenvalue weighted by Crippen LogP contribution is 2.41. The molecule has 4 rings (SSSR count). The number of carbonyl (C=O) groups is 2. The molecule has 2 heterocycles. The summed E-state index contributed by atoms with van der Waals surface area (Å²) in [7, 11) is 1.40. The van der Waals surface area contributed by atoms with E-state index < -0.39 is 65.9 Å². The lowest BCUT2D eigenvalue weighted by molar-refractivity contribution is -0.143. The van der Waals surface area contributed by atoms with E-state index in [9.17, 15) is 40.3 Å². The quantitative estimate of drug-likeness (QED) is 0.310. The molecule has 0 radical (unpaired) electrons. The van der Waals surface area contributed by atoms with Crippen LogP contribution in [0.2, 0.25) is 0 Å². The lowest BCUT2D eigenvalue weighted by atomic mass is 9.94. The maximum absolute atomic E-state index is 14.5. The lowest BCUT2D eigenvalue weighted by Crippen LogP contribution is -2.40. The topological polar surface area (TPSA) is 68.3 Å². The molecular formula is C29H29F7N2O5. The van der Waals surface area contributed by atoms with Crippen molar-refractivity contribution in [3.8, 4) is 5.75 Å². The minimum Gasteiger partial charge on any atom is -0.496 e. The minimum absolute atomic E-state index is 0.0169. The molecule has 0 spiro atoms. The predicted molar refractivity (Wildman–Crippen MR) is 140 cm³/mol. The van der Waals surface area contributed by atoms with Gasteiger partial charge in [-0.15, -0.1) is 0 Å². The third kappa shape index (κ3) is 6.83. The first-order valence-corrected chi connectivity index (χ1v) is 13.3. The Balaban J connectivity index is 1.47. The van der Waals surface area contributed by atoms with Crippen LogP contribution in [0.25, 0.3) is 5.57 Å². The molecule has 0 N–H and O–H groups in total. The van der Waals surface area contributed by atoms with Crippen molar-refractivity contribution in [2.45, 2.75) is 57.6 Å². The van der Waals surface area contributed by atoms with Crippen molar-refractivity contribution in [2.24, 2.45) is 0 Å². The van der Waals surface area contributed by atoms with Crippen molar-refractivity contribution in [1.82, 2.24) is 9.80 Å². The number of ether oxygens (including phenoxy) is 3. The Morgan fingerprint density at radius 2 is 1.67 bits per heavy atom. The molecule has 1 fully saturated rings. The molecule has 14 heteroatoms. The maximum atomic E-state index is 14.5. The van der Waals surface area contributed by atoms with Gasteiger partial charge < -0.3 is 19.1 Å². The van der Waals surface area contributed by atoms with Gasteiger partial charge in [-0.25, -0.2) is 14.0 Å². The molecule has 2 aliphatic rings. The first-order chi connectivity index (χ1) is 20.0. The Morgan fingerprint density at radius 1 is 1.05 bits per heavy atom. The molecule has 0 bridgehead atoms. The van der Waals surface area contributed by atoms with Crippen LogP contribution in [0.3, 0.4) is 0 Å². The molecule has 43 heavy (non-hydrogen) atoms. The third-order valence-electron chi connectivity index (χ3n) is 7.35. The number of amides is 2. The second-order valence-electron chi connectivity index (χ2n) is 10.6. The normalized spacial score (nSPS) is 19.4. The summed E-state index contributed by atoms with van der Waals surface area (Å²) in [4.78, 5) is 27.7. The fourth-order valence-electron chi connectivity index (χ4n) is 5.01. The maximum Gasteiger partial charge on any atom is 0.416 e. The Hall–Kier alpha value is -3.97. The number of hydrogen-bond donors (Lipinski definition) is 0. The number of methoxy groups -OCH3 is 1. The van der Waals surface area contributed by atoms with Crippen LogP contribution in [0, 0.1) is 5.82 Å². The molecule has 2 amide bonds. The average molecular weight is 619 g/mol. The Labute approximate surface area is 242 Å². The molecule has 1 saturated heterocycles. The highest BCUT2D eigenvalue weighted by molar-refractivity contribution is 5.78. The van der Waals surface area contributed by atoms with Crippen LogP contribution in [0.1, 0.15) is 67.0 Å². The largest absolute Gasteiger partial charge is 0.496 e. The van der Waals surface area contributed by atoms with Gasteiger partial charge in [0.25, 0.3) is 0 Å². The van der Waals surface area contributed by atoms with Gasteiger partial charge in [0.05, 0.1) is 24.3 Å². The molecule has 0 aromatic heterocycles. The van der Waals surface area contributed by atoms with Crippen LogP contribution >= 0.6 is 0 Å². The molecule has 2 aromatic carbocycles. The van der Waals surface area contributed by atoms with Crippen LogP contribution in [0.5, 0.6) is 5.75 Å². The van der Waals surface area contributed by atoms with Gasteiger partial charge in [-0.2, -0.15) is 26.3 Å². The second kappa shape index (κ2) is 12.0. The highest BCUT2D eigenvalue weighted by Gasteiger charge is 2.44. The van der Waals surface area contributed by atoms with Crippen LogP contribution in [-0.4, -0.2) is 55.0 Å². The van der Waals surface area contributed by atoms with E-state index in [0.29, 0.717) is 35.3 Å². The van der Waals surface area contributed by atoms with Gasteiger partial charge >= 0.3 is 24.5 Å².